The molecule has 3 heteroatoms. The summed E-state index contributed by atoms with van der Waals surface area (Å²) in [6, 6.07) is 2.58. The minimum absolute atomic E-state index is 0.311. The number of rotatable bonds is 2. The molecule has 16 heavy (non-hydrogen) atoms. The van der Waals surface area contributed by atoms with Gasteiger partial charge in [-0.3, -0.25) is 0 Å². The van der Waals surface area contributed by atoms with Crippen LogP contribution in [0.3, 0.4) is 0 Å². The molecule has 2 atom stereocenters. The van der Waals surface area contributed by atoms with Crippen LogP contribution in [0.2, 0.25) is 0 Å². The van der Waals surface area contributed by atoms with Crippen molar-refractivity contribution in [3.63, 3.8) is 0 Å². The highest BCUT2D eigenvalue weighted by molar-refractivity contribution is 5.26. The van der Waals surface area contributed by atoms with Crippen molar-refractivity contribution in [3.05, 3.63) is 23.4 Å². The van der Waals surface area contributed by atoms with Crippen molar-refractivity contribution in [3.8, 4) is 5.88 Å². The summed E-state index contributed by atoms with van der Waals surface area (Å²) in [6.45, 7) is 7.40. The molecular weight excluding hydrogens is 200 g/mol. The van der Waals surface area contributed by atoms with Gasteiger partial charge in [0.15, 0.2) is 0 Å². The average Bonchev–Trinajstić information content (AvgIpc) is 2.24. The van der Waals surface area contributed by atoms with Gasteiger partial charge in [0.1, 0.15) is 6.10 Å². The highest BCUT2D eigenvalue weighted by atomic mass is 16.5. The molecule has 1 aliphatic heterocycles. The lowest BCUT2D eigenvalue weighted by Crippen LogP contribution is -2.40. The molecule has 1 fully saturated rings. The van der Waals surface area contributed by atoms with Gasteiger partial charge in [-0.2, -0.15) is 0 Å². The fraction of sp³-hybridized carbons (Fsp3) is 0.615. The van der Waals surface area contributed by atoms with Crippen LogP contribution in [0.5, 0.6) is 5.88 Å². The minimum Gasteiger partial charge on any atom is -0.474 e. The summed E-state index contributed by atoms with van der Waals surface area (Å²) >= 11 is 0. The van der Waals surface area contributed by atoms with Gasteiger partial charge in [-0.25, -0.2) is 4.98 Å². The smallest absolute Gasteiger partial charge is 0.213 e. The van der Waals surface area contributed by atoms with Crippen LogP contribution in [-0.4, -0.2) is 23.7 Å². The van der Waals surface area contributed by atoms with Gasteiger partial charge in [-0.1, -0.05) is 0 Å². The number of nitrogens with one attached hydrogen (secondary N) is 1. The molecular formula is C13H20N2O. The second-order valence-corrected chi connectivity index (χ2v) is 4.73. The van der Waals surface area contributed by atoms with E-state index in [1.807, 2.05) is 12.3 Å². The molecule has 88 valence electrons. The lowest BCUT2D eigenvalue weighted by atomic mass is 10.0. The molecule has 0 aliphatic carbocycles. The fourth-order valence-electron chi connectivity index (χ4n) is 2.03. The van der Waals surface area contributed by atoms with Crippen LogP contribution < -0.4 is 10.1 Å². The van der Waals surface area contributed by atoms with E-state index in [0.29, 0.717) is 12.1 Å². The molecule has 3 nitrogen and oxygen atoms in total. The van der Waals surface area contributed by atoms with Crippen molar-refractivity contribution >= 4 is 0 Å². The third-order valence-corrected chi connectivity index (χ3v) is 3.21. The number of hydrogen-bond acceptors (Lipinski definition) is 3. The van der Waals surface area contributed by atoms with E-state index in [1.165, 1.54) is 11.1 Å². The molecule has 0 spiro atoms. The molecule has 0 amide bonds. The number of piperidine rings is 1. The van der Waals surface area contributed by atoms with Gasteiger partial charge < -0.3 is 10.1 Å². The van der Waals surface area contributed by atoms with Gasteiger partial charge in [-0.15, -0.1) is 0 Å². The SMILES string of the molecule is Cc1cnc(O[C@H]2CCN[C@@H](C)C2)cc1C. The molecule has 0 bridgehead atoms. The molecule has 0 aromatic carbocycles. The second kappa shape index (κ2) is 4.83. The average molecular weight is 220 g/mol. The van der Waals surface area contributed by atoms with Crippen LogP contribution in [-0.2, 0) is 0 Å². The summed E-state index contributed by atoms with van der Waals surface area (Å²) in [5.41, 5.74) is 2.46. The maximum atomic E-state index is 5.91. The Morgan fingerprint density at radius 1 is 1.38 bits per heavy atom. The number of nitrogens with zero attached hydrogens (tertiary/aromatic N) is 1. The van der Waals surface area contributed by atoms with E-state index in [1.54, 1.807) is 0 Å². The van der Waals surface area contributed by atoms with E-state index < -0.39 is 0 Å². The third-order valence-electron chi connectivity index (χ3n) is 3.21. The standard InChI is InChI=1S/C13H20N2O/c1-9-6-13(15-8-10(9)2)16-12-4-5-14-11(3)7-12/h6,8,11-12,14H,4-5,7H2,1-3H3/t11-,12-/m0/s1. The normalized spacial score (nSPS) is 25.4. The molecule has 2 rings (SSSR count). The van der Waals surface area contributed by atoms with Crippen molar-refractivity contribution < 1.29 is 4.74 Å². The van der Waals surface area contributed by atoms with Crippen LogP contribution >= 0.6 is 0 Å². The maximum Gasteiger partial charge on any atom is 0.213 e. The molecule has 1 aromatic heterocycles. The van der Waals surface area contributed by atoms with Gasteiger partial charge >= 0.3 is 0 Å². The summed E-state index contributed by atoms with van der Waals surface area (Å²) in [7, 11) is 0. The Morgan fingerprint density at radius 2 is 2.19 bits per heavy atom. The predicted molar refractivity (Wildman–Crippen MR) is 64.8 cm³/mol. The van der Waals surface area contributed by atoms with E-state index in [-0.39, 0.29) is 0 Å². The largest absolute Gasteiger partial charge is 0.474 e. The van der Waals surface area contributed by atoms with Crippen molar-refractivity contribution in [1.29, 1.82) is 0 Å². The summed E-state index contributed by atoms with van der Waals surface area (Å²) in [5, 5.41) is 3.42. The summed E-state index contributed by atoms with van der Waals surface area (Å²) in [6.07, 6.45) is 4.33. The zero-order valence-corrected chi connectivity index (χ0v) is 10.3. The Kier molecular flexibility index (Phi) is 3.44. The Hall–Kier alpha value is -1.09. The zero-order chi connectivity index (χ0) is 11.5. The second-order valence-electron chi connectivity index (χ2n) is 4.73. The summed E-state index contributed by atoms with van der Waals surface area (Å²) in [4.78, 5) is 4.32. The zero-order valence-electron chi connectivity index (χ0n) is 10.3. The first kappa shape index (κ1) is 11.4. The predicted octanol–water partition coefficient (Wildman–Crippen LogP) is 2.22. The van der Waals surface area contributed by atoms with Crippen molar-refractivity contribution in [2.24, 2.45) is 0 Å². The lowest BCUT2D eigenvalue weighted by molar-refractivity contribution is 0.138. The molecule has 0 unspecified atom stereocenters. The molecule has 2 heterocycles. The first-order valence-electron chi connectivity index (χ1n) is 5.98. The Morgan fingerprint density at radius 3 is 2.88 bits per heavy atom. The van der Waals surface area contributed by atoms with E-state index in [4.69, 9.17) is 4.74 Å². The molecule has 0 saturated carbocycles. The van der Waals surface area contributed by atoms with Gasteiger partial charge in [-0.05, 0) is 51.3 Å². The van der Waals surface area contributed by atoms with Gasteiger partial charge in [0.05, 0.1) is 0 Å². The van der Waals surface area contributed by atoms with E-state index in [2.05, 4.69) is 31.1 Å². The van der Waals surface area contributed by atoms with Gasteiger partial charge in [0, 0.05) is 18.3 Å². The van der Waals surface area contributed by atoms with Crippen LogP contribution in [0, 0.1) is 13.8 Å². The van der Waals surface area contributed by atoms with Crippen LogP contribution in [0.1, 0.15) is 30.9 Å². The first-order chi connectivity index (χ1) is 7.65. The molecule has 0 radical (unpaired) electrons. The van der Waals surface area contributed by atoms with Crippen LogP contribution in [0.15, 0.2) is 12.3 Å². The van der Waals surface area contributed by atoms with Crippen molar-refractivity contribution in [2.45, 2.75) is 45.8 Å². The maximum absolute atomic E-state index is 5.91. The van der Waals surface area contributed by atoms with Gasteiger partial charge in [0.25, 0.3) is 0 Å². The fourth-order valence-corrected chi connectivity index (χ4v) is 2.03. The van der Waals surface area contributed by atoms with E-state index in [9.17, 15) is 0 Å². The van der Waals surface area contributed by atoms with Crippen molar-refractivity contribution in [1.82, 2.24) is 10.3 Å². The summed E-state index contributed by atoms with van der Waals surface area (Å²) < 4.78 is 5.91. The Bertz CT molecular complexity index is 365. The summed E-state index contributed by atoms with van der Waals surface area (Å²) in [5.74, 6) is 0.766. The third kappa shape index (κ3) is 2.73. The Balaban J connectivity index is 2.00. The monoisotopic (exact) mass is 220 g/mol. The first-order valence-corrected chi connectivity index (χ1v) is 5.98. The quantitative estimate of drug-likeness (QED) is 0.829. The number of ether oxygens (including phenoxy) is 1. The highest BCUT2D eigenvalue weighted by Crippen LogP contribution is 2.18. The van der Waals surface area contributed by atoms with Crippen LogP contribution in [0.25, 0.3) is 0 Å². The number of pyridine rings is 1. The number of aromatic nitrogens is 1. The van der Waals surface area contributed by atoms with E-state index >= 15 is 0 Å². The van der Waals surface area contributed by atoms with Gasteiger partial charge in [0.2, 0.25) is 5.88 Å². The highest BCUT2D eigenvalue weighted by Gasteiger charge is 2.20. The van der Waals surface area contributed by atoms with Crippen molar-refractivity contribution in [2.75, 3.05) is 6.54 Å². The Labute approximate surface area is 97.2 Å². The molecule has 1 aromatic rings. The minimum atomic E-state index is 0.311. The number of hydrogen-bond donors (Lipinski definition) is 1. The number of aryl methyl sites for hydroxylation is 2. The van der Waals surface area contributed by atoms with Crippen LogP contribution in [0.4, 0.5) is 0 Å². The lowest BCUT2D eigenvalue weighted by Gasteiger charge is -2.28. The molecule has 1 N–H and O–H groups in total. The molecule has 1 saturated heterocycles. The topological polar surface area (TPSA) is 34.1 Å². The van der Waals surface area contributed by atoms with E-state index in [0.717, 1.165) is 25.3 Å². The molecule has 1 aliphatic rings.